The number of ether oxygens (including phenoxy) is 2. The minimum absolute atomic E-state index is 0.201. The minimum Gasteiger partial charge on any atom is -0.493 e. The zero-order valence-corrected chi connectivity index (χ0v) is 9.55. The van der Waals surface area contributed by atoms with Gasteiger partial charge in [-0.1, -0.05) is 0 Å². The zero-order valence-electron chi connectivity index (χ0n) is 8.79. The van der Waals surface area contributed by atoms with Crippen molar-refractivity contribution in [1.82, 2.24) is 0 Å². The lowest BCUT2D eigenvalue weighted by Gasteiger charge is -2.08. The molecule has 0 N–H and O–H groups in total. The molecule has 0 radical (unpaired) electrons. The number of allylic oxidation sites excluding steroid dienone is 1. The Bertz CT molecular complexity index is 429. The van der Waals surface area contributed by atoms with Crippen LogP contribution in [0.1, 0.15) is 5.56 Å². The van der Waals surface area contributed by atoms with Crippen LogP contribution in [-0.2, 0) is 4.79 Å². The molecule has 0 unspecified atom stereocenters. The van der Waals surface area contributed by atoms with E-state index in [9.17, 15) is 9.18 Å². The molecular formula is C11H10ClFO3. The summed E-state index contributed by atoms with van der Waals surface area (Å²) in [6.45, 7) is 0. The van der Waals surface area contributed by atoms with E-state index in [0.29, 0.717) is 17.6 Å². The lowest BCUT2D eigenvalue weighted by molar-refractivity contribution is -0.107. The van der Waals surface area contributed by atoms with Gasteiger partial charge in [-0.15, -0.1) is 0 Å². The standard InChI is InChI=1S/C11H10ClFO3/c1-15-9-4-3-7(5-10(9)16-2)8(13)6-11(12)14/h3-6H,1-2H3/b8-6-. The first kappa shape index (κ1) is 12.5. The van der Waals surface area contributed by atoms with Gasteiger partial charge in [-0.2, -0.15) is 0 Å². The molecule has 1 aromatic rings. The third kappa shape index (κ3) is 2.97. The largest absolute Gasteiger partial charge is 0.493 e. The smallest absolute Gasteiger partial charge is 0.248 e. The molecule has 16 heavy (non-hydrogen) atoms. The number of rotatable bonds is 4. The Kier molecular flexibility index (Phi) is 4.31. The second kappa shape index (κ2) is 5.51. The number of carbonyl (C=O) groups is 1. The maximum atomic E-state index is 13.4. The van der Waals surface area contributed by atoms with Gasteiger partial charge >= 0.3 is 0 Å². The average molecular weight is 245 g/mol. The van der Waals surface area contributed by atoms with Crippen LogP contribution >= 0.6 is 11.6 Å². The normalized spacial score (nSPS) is 11.1. The molecule has 0 amide bonds. The summed E-state index contributed by atoms with van der Waals surface area (Å²) in [6, 6.07) is 4.43. The van der Waals surface area contributed by atoms with Crippen molar-refractivity contribution >= 4 is 22.7 Å². The number of halogens is 2. The van der Waals surface area contributed by atoms with Crippen LogP contribution < -0.4 is 9.47 Å². The first-order valence-electron chi connectivity index (χ1n) is 4.37. The van der Waals surface area contributed by atoms with Crippen LogP contribution in [0.25, 0.3) is 5.83 Å². The lowest BCUT2D eigenvalue weighted by atomic mass is 10.1. The van der Waals surface area contributed by atoms with Gasteiger partial charge in [-0.25, -0.2) is 4.39 Å². The van der Waals surface area contributed by atoms with Crippen molar-refractivity contribution in [2.24, 2.45) is 0 Å². The number of hydrogen-bond donors (Lipinski definition) is 0. The number of carbonyl (C=O) groups excluding carboxylic acids is 1. The summed E-state index contributed by atoms with van der Waals surface area (Å²) >= 11 is 5.04. The fraction of sp³-hybridized carbons (Fsp3) is 0.182. The third-order valence-corrected chi connectivity index (χ3v) is 2.01. The summed E-state index contributed by atoms with van der Waals surface area (Å²) in [5.74, 6) is 0.141. The van der Waals surface area contributed by atoms with Gasteiger partial charge in [0.1, 0.15) is 5.83 Å². The van der Waals surface area contributed by atoms with Crippen molar-refractivity contribution in [3.05, 3.63) is 29.8 Å². The molecule has 0 saturated heterocycles. The van der Waals surface area contributed by atoms with Crippen molar-refractivity contribution < 1.29 is 18.7 Å². The third-order valence-electron chi connectivity index (χ3n) is 1.90. The summed E-state index contributed by atoms with van der Waals surface area (Å²) in [7, 11) is 2.92. The predicted molar refractivity (Wildman–Crippen MR) is 59.5 cm³/mol. The molecule has 0 aromatic heterocycles. The monoisotopic (exact) mass is 244 g/mol. The minimum atomic E-state index is -0.868. The van der Waals surface area contributed by atoms with Crippen LogP contribution in [0.2, 0.25) is 0 Å². The van der Waals surface area contributed by atoms with E-state index in [4.69, 9.17) is 21.1 Å². The van der Waals surface area contributed by atoms with E-state index in [1.807, 2.05) is 0 Å². The summed E-state index contributed by atoms with van der Waals surface area (Å²) in [6.07, 6.45) is 0.697. The van der Waals surface area contributed by atoms with Gasteiger partial charge in [-0.3, -0.25) is 4.79 Å². The van der Waals surface area contributed by atoms with Crippen LogP contribution in [-0.4, -0.2) is 19.5 Å². The highest BCUT2D eigenvalue weighted by atomic mass is 35.5. The van der Waals surface area contributed by atoms with Crippen LogP contribution in [0.5, 0.6) is 11.5 Å². The Balaban J connectivity index is 3.13. The zero-order chi connectivity index (χ0) is 12.1. The Morgan fingerprint density at radius 2 is 1.94 bits per heavy atom. The average Bonchev–Trinajstić information content (AvgIpc) is 2.27. The highest BCUT2D eigenvalue weighted by Gasteiger charge is 2.08. The van der Waals surface area contributed by atoms with E-state index in [-0.39, 0.29) is 5.56 Å². The summed E-state index contributed by atoms with van der Waals surface area (Å²) in [5, 5.41) is -0.868. The molecule has 0 bridgehead atoms. The molecule has 0 aliphatic rings. The Hall–Kier alpha value is -1.55. The van der Waals surface area contributed by atoms with Crippen molar-refractivity contribution in [3.63, 3.8) is 0 Å². The van der Waals surface area contributed by atoms with Crippen molar-refractivity contribution in [2.75, 3.05) is 14.2 Å². The maximum Gasteiger partial charge on any atom is 0.248 e. The van der Waals surface area contributed by atoms with Crippen LogP contribution in [0.3, 0.4) is 0 Å². The highest BCUT2D eigenvalue weighted by molar-refractivity contribution is 6.66. The number of benzene rings is 1. The van der Waals surface area contributed by atoms with E-state index in [0.717, 1.165) is 0 Å². The molecule has 1 aromatic carbocycles. The van der Waals surface area contributed by atoms with Gasteiger partial charge < -0.3 is 9.47 Å². The van der Waals surface area contributed by atoms with Crippen molar-refractivity contribution in [3.8, 4) is 11.5 Å². The highest BCUT2D eigenvalue weighted by Crippen LogP contribution is 2.30. The molecule has 5 heteroatoms. The predicted octanol–water partition coefficient (Wildman–Crippen LogP) is 2.78. The van der Waals surface area contributed by atoms with Gasteiger partial charge in [-0.05, 0) is 29.8 Å². The van der Waals surface area contributed by atoms with E-state index in [1.54, 1.807) is 6.07 Å². The van der Waals surface area contributed by atoms with Crippen molar-refractivity contribution in [1.29, 1.82) is 0 Å². The molecule has 0 aliphatic carbocycles. The molecule has 3 nitrogen and oxygen atoms in total. The molecule has 1 rings (SSSR count). The van der Waals surface area contributed by atoms with Crippen LogP contribution in [0.15, 0.2) is 24.3 Å². The molecule has 86 valence electrons. The lowest BCUT2D eigenvalue weighted by Crippen LogP contribution is -1.92. The summed E-state index contributed by atoms with van der Waals surface area (Å²) < 4.78 is 23.4. The fourth-order valence-corrected chi connectivity index (χ4v) is 1.26. The Morgan fingerprint density at radius 3 is 2.44 bits per heavy atom. The second-order valence-corrected chi connectivity index (χ2v) is 3.24. The summed E-state index contributed by atoms with van der Waals surface area (Å²) in [5.41, 5.74) is 0.201. The van der Waals surface area contributed by atoms with E-state index in [1.165, 1.54) is 26.4 Å². The molecule has 0 aliphatic heterocycles. The molecular weight excluding hydrogens is 235 g/mol. The quantitative estimate of drug-likeness (QED) is 0.604. The van der Waals surface area contributed by atoms with Crippen LogP contribution in [0.4, 0.5) is 4.39 Å². The molecule has 0 fully saturated rings. The van der Waals surface area contributed by atoms with Gasteiger partial charge in [0.05, 0.1) is 14.2 Å². The molecule has 0 spiro atoms. The van der Waals surface area contributed by atoms with Crippen LogP contribution in [0, 0.1) is 0 Å². The van der Waals surface area contributed by atoms with Gasteiger partial charge in [0.25, 0.3) is 0 Å². The van der Waals surface area contributed by atoms with Crippen molar-refractivity contribution in [2.45, 2.75) is 0 Å². The summed E-state index contributed by atoms with van der Waals surface area (Å²) in [4.78, 5) is 10.5. The van der Waals surface area contributed by atoms with Gasteiger partial charge in [0, 0.05) is 11.6 Å². The topological polar surface area (TPSA) is 35.5 Å². The molecule has 0 atom stereocenters. The first-order valence-corrected chi connectivity index (χ1v) is 4.75. The fourth-order valence-electron chi connectivity index (χ4n) is 1.17. The van der Waals surface area contributed by atoms with E-state index < -0.39 is 11.1 Å². The molecule has 0 heterocycles. The van der Waals surface area contributed by atoms with Gasteiger partial charge in [0.2, 0.25) is 5.24 Å². The maximum absolute atomic E-state index is 13.4. The molecule has 0 saturated carbocycles. The van der Waals surface area contributed by atoms with Gasteiger partial charge in [0.15, 0.2) is 11.5 Å². The Morgan fingerprint density at radius 1 is 1.31 bits per heavy atom. The van der Waals surface area contributed by atoms with E-state index >= 15 is 0 Å². The number of hydrogen-bond acceptors (Lipinski definition) is 3. The Labute approximate surface area is 97.4 Å². The second-order valence-electron chi connectivity index (χ2n) is 2.87. The first-order chi connectivity index (χ1) is 7.58. The SMILES string of the molecule is COc1ccc(/C(F)=C/C(=O)Cl)cc1OC. The number of methoxy groups -OCH3 is 2. The van der Waals surface area contributed by atoms with E-state index in [2.05, 4.69) is 0 Å².